The van der Waals surface area contributed by atoms with Crippen molar-refractivity contribution < 1.29 is 0 Å². The number of nitrogens with two attached hydrogens (primary N) is 1. The molecule has 2 atom stereocenters. The van der Waals surface area contributed by atoms with E-state index in [1.165, 1.54) is 24.9 Å². The van der Waals surface area contributed by atoms with Crippen molar-refractivity contribution in [3.8, 4) is 0 Å². The topological polar surface area (TPSA) is 29.3 Å². The maximum Gasteiger partial charge on any atom is 0.0371 e. The van der Waals surface area contributed by atoms with Crippen molar-refractivity contribution in [2.45, 2.75) is 51.1 Å². The van der Waals surface area contributed by atoms with Gasteiger partial charge in [0.05, 0.1) is 0 Å². The Labute approximate surface area is 104 Å². The summed E-state index contributed by atoms with van der Waals surface area (Å²) in [5, 5.41) is 0. The summed E-state index contributed by atoms with van der Waals surface area (Å²) in [6, 6.07) is 8.03. The van der Waals surface area contributed by atoms with Crippen molar-refractivity contribution >= 4 is 5.69 Å². The quantitative estimate of drug-likeness (QED) is 0.803. The third-order valence-electron chi connectivity index (χ3n) is 4.33. The molecule has 2 N–H and O–H groups in total. The molecule has 1 aromatic rings. The molecule has 2 unspecified atom stereocenters. The highest BCUT2D eigenvalue weighted by molar-refractivity contribution is 5.53. The van der Waals surface area contributed by atoms with Crippen molar-refractivity contribution in [3.05, 3.63) is 29.3 Å². The van der Waals surface area contributed by atoms with Crippen LogP contribution in [-0.4, -0.2) is 18.6 Å². The number of piperidine rings is 1. The van der Waals surface area contributed by atoms with Crippen molar-refractivity contribution in [1.82, 2.24) is 0 Å². The first kappa shape index (κ1) is 11.1. The zero-order chi connectivity index (χ0) is 11.8. The Kier molecular flexibility index (Phi) is 2.83. The highest BCUT2D eigenvalue weighted by Crippen LogP contribution is 2.30. The van der Waals surface area contributed by atoms with Crippen LogP contribution in [0.2, 0.25) is 0 Å². The van der Waals surface area contributed by atoms with Gasteiger partial charge in [-0.25, -0.2) is 0 Å². The smallest absolute Gasteiger partial charge is 0.0371 e. The average Bonchev–Trinajstić information content (AvgIpc) is 2.75. The molecule has 3 rings (SSSR count). The Morgan fingerprint density at radius 1 is 1.24 bits per heavy atom. The van der Waals surface area contributed by atoms with Gasteiger partial charge in [0.25, 0.3) is 0 Å². The lowest BCUT2D eigenvalue weighted by molar-refractivity contribution is 0.430. The van der Waals surface area contributed by atoms with Gasteiger partial charge >= 0.3 is 0 Å². The van der Waals surface area contributed by atoms with Crippen LogP contribution in [0.4, 0.5) is 5.69 Å². The van der Waals surface area contributed by atoms with Gasteiger partial charge in [-0.1, -0.05) is 6.07 Å². The molecule has 1 aliphatic carbocycles. The minimum absolute atomic E-state index is 0.399. The highest BCUT2D eigenvalue weighted by atomic mass is 15.2. The minimum atomic E-state index is 0.399. The van der Waals surface area contributed by atoms with E-state index in [4.69, 9.17) is 5.73 Å². The molecule has 1 saturated heterocycles. The molecule has 17 heavy (non-hydrogen) atoms. The predicted molar refractivity (Wildman–Crippen MR) is 72.5 cm³/mol. The molecule has 0 saturated carbocycles. The van der Waals surface area contributed by atoms with Crippen molar-refractivity contribution in [2.75, 3.05) is 11.4 Å². The maximum atomic E-state index is 6.03. The predicted octanol–water partition coefficient (Wildman–Crippen LogP) is 2.49. The summed E-state index contributed by atoms with van der Waals surface area (Å²) >= 11 is 0. The number of nitrogens with zero attached hydrogens (tertiary/aromatic N) is 1. The van der Waals surface area contributed by atoms with Crippen LogP contribution >= 0.6 is 0 Å². The number of aryl methyl sites for hydroxylation is 2. The number of rotatable bonds is 1. The maximum absolute atomic E-state index is 6.03. The van der Waals surface area contributed by atoms with E-state index in [-0.39, 0.29) is 0 Å². The van der Waals surface area contributed by atoms with Crippen LogP contribution in [0.25, 0.3) is 0 Å². The Bertz CT molecular complexity index is 413. The fourth-order valence-electron chi connectivity index (χ4n) is 3.33. The SMILES string of the molecule is CC1CC(N)CCN1c1ccc2c(c1)CCC2. The minimum Gasteiger partial charge on any atom is -0.369 e. The number of benzene rings is 1. The third-order valence-corrected chi connectivity index (χ3v) is 4.33. The Morgan fingerprint density at radius 2 is 2.06 bits per heavy atom. The van der Waals surface area contributed by atoms with Gasteiger partial charge in [0.2, 0.25) is 0 Å². The van der Waals surface area contributed by atoms with E-state index in [0.717, 1.165) is 19.4 Å². The molecule has 0 amide bonds. The van der Waals surface area contributed by atoms with Crippen LogP contribution in [0.1, 0.15) is 37.3 Å². The van der Waals surface area contributed by atoms with Crippen LogP contribution in [-0.2, 0) is 12.8 Å². The second kappa shape index (κ2) is 4.34. The molecule has 1 aromatic carbocycles. The first-order chi connectivity index (χ1) is 8.24. The Morgan fingerprint density at radius 3 is 2.88 bits per heavy atom. The highest BCUT2D eigenvalue weighted by Gasteiger charge is 2.24. The normalized spacial score (nSPS) is 28.2. The van der Waals surface area contributed by atoms with E-state index >= 15 is 0 Å². The molecule has 0 bridgehead atoms. The molecule has 0 radical (unpaired) electrons. The lowest BCUT2D eigenvalue weighted by Gasteiger charge is -2.38. The van der Waals surface area contributed by atoms with E-state index in [9.17, 15) is 0 Å². The second-order valence-corrected chi connectivity index (χ2v) is 5.63. The molecule has 1 fully saturated rings. The molecule has 0 spiro atoms. The molecule has 1 heterocycles. The monoisotopic (exact) mass is 230 g/mol. The summed E-state index contributed by atoms with van der Waals surface area (Å²) in [6.45, 7) is 3.41. The van der Waals surface area contributed by atoms with Crippen LogP contribution < -0.4 is 10.6 Å². The van der Waals surface area contributed by atoms with Crippen molar-refractivity contribution in [1.29, 1.82) is 0 Å². The summed E-state index contributed by atoms with van der Waals surface area (Å²) in [5.74, 6) is 0. The Balaban J connectivity index is 1.84. The van der Waals surface area contributed by atoms with Gasteiger partial charge in [-0.05, 0) is 62.3 Å². The van der Waals surface area contributed by atoms with Crippen molar-refractivity contribution in [2.24, 2.45) is 5.73 Å². The second-order valence-electron chi connectivity index (χ2n) is 5.63. The zero-order valence-electron chi connectivity index (χ0n) is 10.7. The largest absolute Gasteiger partial charge is 0.369 e. The van der Waals surface area contributed by atoms with Crippen LogP contribution in [0, 0.1) is 0 Å². The van der Waals surface area contributed by atoms with E-state index in [2.05, 4.69) is 30.0 Å². The van der Waals surface area contributed by atoms with Gasteiger partial charge < -0.3 is 10.6 Å². The summed E-state index contributed by atoms with van der Waals surface area (Å²) in [5.41, 5.74) is 10.6. The summed E-state index contributed by atoms with van der Waals surface area (Å²) in [4.78, 5) is 2.53. The number of hydrogen-bond donors (Lipinski definition) is 1. The first-order valence-electron chi connectivity index (χ1n) is 6.88. The summed E-state index contributed by atoms with van der Waals surface area (Å²) in [6.07, 6.45) is 6.12. The molecule has 0 aromatic heterocycles. The standard InChI is InChI=1S/C15H22N2/c1-11-9-14(16)7-8-17(11)15-6-5-12-3-2-4-13(12)10-15/h5-6,10-11,14H,2-4,7-9,16H2,1H3. The number of fused-ring (bicyclic) bond motifs is 1. The summed E-state index contributed by atoms with van der Waals surface area (Å²) in [7, 11) is 0. The van der Waals surface area contributed by atoms with Gasteiger partial charge in [0.15, 0.2) is 0 Å². The van der Waals surface area contributed by atoms with Gasteiger partial charge in [-0.15, -0.1) is 0 Å². The van der Waals surface area contributed by atoms with E-state index in [1.807, 2.05) is 0 Å². The van der Waals surface area contributed by atoms with Gasteiger partial charge in [0, 0.05) is 24.3 Å². The average molecular weight is 230 g/mol. The lowest BCUT2D eigenvalue weighted by Crippen LogP contribution is -2.45. The van der Waals surface area contributed by atoms with Crippen LogP contribution in [0.15, 0.2) is 18.2 Å². The lowest BCUT2D eigenvalue weighted by atomic mass is 9.97. The molecule has 2 aliphatic rings. The van der Waals surface area contributed by atoms with Crippen LogP contribution in [0.5, 0.6) is 0 Å². The Hall–Kier alpha value is -1.02. The van der Waals surface area contributed by atoms with Gasteiger partial charge in [-0.2, -0.15) is 0 Å². The number of hydrogen-bond acceptors (Lipinski definition) is 2. The van der Waals surface area contributed by atoms with Gasteiger partial charge in [0.1, 0.15) is 0 Å². The summed E-state index contributed by atoms with van der Waals surface area (Å²) < 4.78 is 0. The number of anilines is 1. The molecular formula is C15H22N2. The molecule has 2 nitrogen and oxygen atoms in total. The first-order valence-corrected chi connectivity index (χ1v) is 6.88. The molecular weight excluding hydrogens is 208 g/mol. The van der Waals surface area contributed by atoms with E-state index in [0.29, 0.717) is 12.1 Å². The fraction of sp³-hybridized carbons (Fsp3) is 0.600. The van der Waals surface area contributed by atoms with E-state index in [1.54, 1.807) is 11.1 Å². The molecule has 2 heteroatoms. The fourth-order valence-corrected chi connectivity index (χ4v) is 3.33. The van der Waals surface area contributed by atoms with Crippen molar-refractivity contribution in [3.63, 3.8) is 0 Å². The molecule has 92 valence electrons. The van der Waals surface area contributed by atoms with Crippen LogP contribution in [0.3, 0.4) is 0 Å². The zero-order valence-corrected chi connectivity index (χ0v) is 10.7. The van der Waals surface area contributed by atoms with E-state index < -0.39 is 0 Å². The van der Waals surface area contributed by atoms with Gasteiger partial charge in [-0.3, -0.25) is 0 Å². The third kappa shape index (κ3) is 2.06. The molecule has 1 aliphatic heterocycles.